The van der Waals surface area contributed by atoms with Gasteiger partial charge >= 0.3 is 0 Å². The van der Waals surface area contributed by atoms with Crippen molar-refractivity contribution in [3.05, 3.63) is 46.6 Å². The van der Waals surface area contributed by atoms with Crippen molar-refractivity contribution in [3.63, 3.8) is 0 Å². The van der Waals surface area contributed by atoms with Crippen molar-refractivity contribution in [2.24, 2.45) is 5.41 Å². The number of hydrogen-bond acceptors (Lipinski definition) is 3. The van der Waals surface area contributed by atoms with E-state index in [9.17, 15) is 4.79 Å². The topological polar surface area (TPSA) is 54.0 Å². The van der Waals surface area contributed by atoms with Crippen molar-refractivity contribution < 1.29 is 4.79 Å². The van der Waals surface area contributed by atoms with E-state index in [-0.39, 0.29) is 5.91 Å². The quantitative estimate of drug-likeness (QED) is 0.818. The third-order valence-electron chi connectivity index (χ3n) is 3.15. The molecule has 0 spiro atoms. The first-order valence-electron chi connectivity index (χ1n) is 7.06. The molecule has 1 amide bonds. The van der Waals surface area contributed by atoms with Crippen molar-refractivity contribution in [3.8, 4) is 0 Å². The number of anilines is 3. The highest BCUT2D eigenvalue weighted by atomic mass is 79.9. The Hall–Kier alpha value is -1.88. The molecule has 0 saturated heterocycles. The lowest BCUT2D eigenvalue weighted by atomic mass is 9.96. The van der Waals surface area contributed by atoms with Gasteiger partial charge in [0.1, 0.15) is 5.82 Å². The highest BCUT2D eigenvalue weighted by Gasteiger charge is 2.21. The van der Waals surface area contributed by atoms with Crippen LogP contribution in [0, 0.1) is 12.3 Å². The third-order valence-corrected chi connectivity index (χ3v) is 4.00. The largest absolute Gasteiger partial charge is 0.354 e. The van der Waals surface area contributed by atoms with Gasteiger partial charge in [0.15, 0.2) is 0 Å². The molecule has 2 aromatic rings. The maximum Gasteiger partial charge on any atom is 0.230 e. The Morgan fingerprint density at radius 3 is 2.36 bits per heavy atom. The van der Waals surface area contributed by atoms with E-state index in [1.165, 1.54) is 5.56 Å². The van der Waals surface area contributed by atoms with Gasteiger partial charge in [-0.15, -0.1) is 0 Å². The smallest absolute Gasteiger partial charge is 0.230 e. The van der Waals surface area contributed by atoms with Crippen LogP contribution in [0.2, 0.25) is 0 Å². The van der Waals surface area contributed by atoms with Gasteiger partial charge in [-0.1, -0.05) is 42.8 Å². The summed E-state index contributed by atoms with van der Waals surface area (Å²) < 4.78 is 1.06. The van der Waals surface area contributed by atoms with Crippen LogP contribution in [0.4, 0.5) is 17.2 Å². The van der Waals surface area contributed by atoms with Gasteiger partial charge in [-0.25, -0.2) is 4.98 Å². The summed E-state index contributed by atoms with van der Waals surface area (Å²) in [7, 11) is 0. The van der Waals surface area contributed by atoms with Crippen LogP contribution >= 0.6 is 15.9 Å². The van der Waals surface area contributed by atoms with Gasteiger partial charge in [-0.2, -0.15) is 0 Å². The van der Waals surface area contributed by atoms with Crippen molar-refractivity contribution in [1.82, 2.24) is 4.98 Å². The van der Waals surface area contributed by atoms with E-state index < -0.39 is 5.41 Å². The van der Waals surface area contributed by atoms with Gasteiger partial charge in [0, 0.05) is 15.6 Å². The SMILES string of the molecule is Cc1ccc(Nc2ccc(NC(=O)C(C)(C)C)nc2)cc1Br. The molecule has 0 aliphatic rings. The molecule has 0 unspecified atom stereocenters. The van der Waals surface area contributed by atoms with Crippen LogP contribution in [0.3, 0.4) is 0 Å². The number of nitrogens with zero attached hydrogens (tertiary/aromatic N) is 1. The number of aromatic nitrogens is 1. The highest BCUT2D eigenvalue weighted by molar-refractivity contribution is 9.10. The zero-order chi connectivity index (χ0) is 16.3. The van der Waals surface area contributed by atoms with E-state index in [1.54, 1.807) is 12.3 Å². The second kappa shape index (κ2) is 6.48. The molecule has 0 bridgehead atoms. The summed E-state index contributed by atoms with van der Waals surface area (Å²) in [6.07, 6.45) is 1.70. The van der Waals surface area contributed by atoms with Crippen LogP contribution in [0.5, 0.6) is 0 Å². The number of nitrogens with one attached hydrogen (secondary N) is 2. The fourth-order valence-corrected chi connectivity index (χ4v) is 2.06. The van der Waals surface area contributed by atoms with Crippen molar-refractivity contribution in [2.45, 2.75) is 27.7 Å². The molecule has 1 aromatic carbocycles. The Bertz CT molecular complexity index is 675. The Balaban J connectivity index is 2.06. The fraction of sp³-hybridized carbons (Fsp3) is 0.294. The minimum atomic E-state index is -0.438. The first-order valence-corrected chi connectivity index (χ1v) is 7.86. The van der Waals surface area contributed by atoms with Crippen LogP contribution in [0.1, 0.15) is 26.3 Å². The first-order chi connectivity index (χ1) is 10.3. The van der Waals surface area contributed by atoms with E-state index in [0.29, 0.717) is 5.82 Å². The van der Waals surface area contributed by atoms with Gasteiger partial charge in [0.2, 0.25) is 5.91 Å². The summed E-state index contributed by atoms with van der Waals surface area (Å²) in [4.78, 5) is 16.2. The third kappa shape index (κ3) is 4.31. The molecule has 0 aliphatic carbocycles. The molecule has 0 radical (unpaired) electrons. The number of halogens is 1. The van der Waals surface area contributed by atoms with Crippen LogP contribution in [0.15, 0.2) is 41.0 Å². The van der Waals surface area contributed by atoms with Crippen molar-refractivity contribution in [2.75, 3.05) is 10.6 Å². The van der Waals surface area contributed by atoms with Gasteiger partial charge in [0.05, 0.1) is 11.9 Å². The van der Waals surface area contributed by atoms with Crippen LogP contribution in [-0.2, 0) is 4.79 Å². The molecular weight excluding hydrogens is 342 g/mol. The Morgan fingerprint density at radius 1 is 1.14 bits per heavy atom. The number of carbonyl (C=O) groups excluding carboxylic acids is 1. The molecule has 0 atom stereocenters. The van der Waals surface area contributed by atoms with Crippen LogP contribution < -0.4 is 10.6 Å². The predicted octanol–water partition coefficient (Wildman–Crippen LogP) is 4.88. The summed E-state index contributed by atoms with van der Waals surface area (Å²) in [5, 5.41) is 6.08. The predicted molar refractivity (Wildman–Crippen MR) is 94.5 cm³/mol. The van der Waals surface area contributed by atoms with E-state index in [1.807, 2.05) is 52.0 Å². The summed E-state index contributed by atoms with van der Waals surface area (Å²) in [6, 6.07) is 9.74. The summed E-state index contributed by atoms with van der Waals surface area (Å²) in [5.74, 6) is 0.499. The van der Waals surface area contributed by atoms with E-state index >= 15 is 0 Å². The van der Waals surface area contributed by atoms with Gasteiger partial charge in [-0.3, -0.25) is 4.79 Å². The van der Waals surface area contributed by atoms with E-state index in [2.05, 4.69) is 31.5 Å². The van der Waals surface area contributed by atoms with Crippen molar-refractivity contribution in [1.29, 1.82) is 0 Å². The lowest BCUT2D eigenvalue weighted by molar-refractivity contribution is -0.123. The normalized spacial score (nSPS) is 11.1. The average Bonchev–Trinajstić information content (AvgIpc) is 2.44. The standard InChI is InChI=1S/C17H20BrN3O/c1-11-5-6-12(9-14(11)18)20-13-7-8-15(19-10-13)21-16(22)17(2,3)4/h5-10,20H,1-4H3,(H,19,21,22). The van der Waals surface area contributed by atoms with Crippen molar-refractivity contribution >= 4 is 39.0 Å². The zero-order valence-corrected chi connectivity index (χ0v) is 14.8. The number of pyridine rings is 1. The zero-order valence-electron chi connectivity index (χ0n) is 13.2. The maximum absolute atomic E-state index is 11.9. The number of hydrogen-bond donors (Lipinski definition) is 2. The highest BCUT2D eigenvalue weighted by Crippen LogP contribution is 2.24. The summed E-state index contributed by atoms with van der Waals surface area (Å²) in [5.41, 5.74) is 2.59. The lowest BCUT2D eigenvalue weighted by Crippen LogP contribution is -2.27. The lowest BCUT2D eigenvalue weighted by Gasteiger charge is -2.17. The average molecular weight is 362 g/mol. The second-order valence-electron chi connectivity index (χ2n) is 6.23. The molecular formula is C17H20BrN3O. The van der Waals surface area contributed by atoms with E-state index in [4.69, 9.17) is 0 Å². The number of carbonyl (C=O) groups is 1. The Kier molecular flexibility index (Phi) is 4.86. The molecule has 116 valence electrons. The van der Waals surface area contributed by atoms with Gasteiger partial charge < -0.3 is 10.6 Å². The fourth-order valence-electron chi connectivity index (χ4n) is 1.68. The molecule has 2 rings (SSSR count). The number of rotatable bonds is 3. The molecule has 2 N–H and O–H groups in total. The molecule has 5 heteroatoms. The van der Waals surface area contributed by atoms with Crippen LogP contribution in [0.25, 0.3) is 0 Å². The van der Waals surface area contributed by atoms with Gasteiger partial charge in [-0.05, 0) is 36.8 Å². The minimum absolute atomic E-state index is 0.0526. The van der Waals surface area contributed by atoms with Crippen LogP contribution in [-0.4, -0.2) is 10.9 Å². The van der Waals surface area contributed by atoms with Gasteiger partial charge in [0.25, 0.3) is 0 Å². The molecule has 0 fully saturated rings. The first kappa shape index (κ1) is 16.5. The summed E-state index contributed by atoms with van der Waals surface area (Å²) in [6.45, 7) is 7.65. The Morgan fingerprint density at radius 2 is 1.82 bits per heavy atom. The second-order valence-corrected chi connectivity index (χ2v) is 7.08. The van der Waals surface area contributed by atoms with E-state index in [0.717, 1.165) is 15.8 Å². The molecule has 22 heavy (non-hydrogen) atoms. The molecule has 0 aliphatic heterocycles. The monoisotopic (exact) mass is 361 g/mol. The minimum Gasteiger partial charge on any atom is -0.354 e. The summed E-state index contributed by atoms with van der Waals surface area (Å²) >= 11 is 3.51. The number of benzene rings is 1. The molecule has 1 heterocycles. The molecule has 0 saturated carbocycles. The number of amides is 1. The maximum atomic E-state index is 11.9. The Labute approximate surface area is 139 Å². The molecule has 1 aromatic heterocycles. The molecule has 4 nitrogen and oxygen atoms in total. The number of aryl methyl sites for hydroxylation is 1.